The molecule has 1 heterocycles. The van der Waals surface area contributed by atoms with E-state index in [9.17, 15) is 4.39 Å². The van der Waals surface area contributed by atoms with Gasteiger partial charge in [0, 0.05) is 18.0 Å². The van der Waals surface area contributed by atoms with Gasteiger partial charge < -0.3 is 9.47 Å². The van der Waals surface area contributed by atoms with Crippen molar-refractivity contribution < 1.29 is 13.9 Å². The van der Waals surface area contributed by atoms with Gasteiger partial charge in [-0.15, -0.1) is 11.3 Å². The van der Waals surface area contributed by atoms with Crippen LogP contribution in [0.5, 0.6) is 11.5 Å². The second-order valence-corrected chi connectivity index (χ2v) is 7.19. The first-order valence-corrected chi connectivity index (χ1v) is 9.53. The number of hydrogen-bond donors (Lipinski definition) is 0. The van der Waals surface area contributed by atoms with Crippen LogP contribution in [-0.2, 0) is 6.54 Å². The Labute approximate surface area is 163 Å². The number of rotatable bonds is 7. The van der Waals surface area contributed by atoms with E-state index in [1.54, 1.807) is 25.6 Å². The fourth-order valence-electron chi connectivity index (χ4n) is 2.95. The van der Waals surface area contributed by atoms with Crippen molar-refractivity contribution in [2.75, 3.05) is 21.3 Å². The van der Waals surface area contributed by atoms with Gasteiger partial charge in [-0.3, -0.25) is 4.90 Å². The highest BCUT2D eigenvalue weighted by molar-refractivity contribution is 7.13. The predicted octanol–water partition coefficient (Wildman–Crippen LogP) is 5.16. The summed E-state index contributed by atoms with van der Waals surface area (Å²) in [4.78, 5) is 6.97. The Kier molecular flexibility index (Phi) is 6.08. The van der Waals surface area contributed by atoms with Crippen LogP contribution in [0.4, 0.5) is 4.39 Å². The number of thiazole rings is 1. The number of benzene rings is 2. The maximum atomic E-state index is 13.1. The topological polar surface area (TPSA) is 34.6 Å². The van der Waals surface area contributed by atoms with Crippen molar-refractivity contribution in [2.45, 2.75) is 19.5 Å². The molecule has 0 saturated carbocycles. The first-order valence-electron chi connectivity index (χ1n) is 8.65. The van der Waals surface area contributed by atoms with E-state index in [-0.39, 0.29) is 11.9 Å². The Hall–Kier alpha value is -2.44. The van der Waals surface area contributed by atoms with Gasteiger partial charge in [-0.2, -0.15) is 0 Å². The molecule has 0 bridgehead atoms. The number of para-hydroxylation sites is 1. The van der Waals surface area contributed by atoms with Crippen molar-refractivity contribution >= 4 is 11.3 Å². The van der Waals surface area contributed by atoms with Crippen LogP contribution in [-0.4, -0.2) is 31.2 Å². The molecule has 0 saturated heterocycles. The monoisotopic (exact) mass is 386 g/mol. The molecule has 3 rings (SSSR count). The third kappa shape index (κ3) is 4.28. The molecule has 2 aromatic carbocycles. The quantitative estimate of drug-likeness (QED) is 0.562. The average molecular weight is 386 g/mol. The van der Waals surface area contributed by atoms with Crippen LogP contribution in [0, 0.1) is 5.82 Å². The van der Waals surface area contributed by atoms with Gasteiger partial charge in [0.05, 0.1) is 25.5 Å². The number of halogens is 1. The van der Waals surface area contributed by atoms with Gasteiger partial charge in [0.2, 0.25) is 0 Å². The zero-order valence-corrected chi connectivity index (χ0v) is 16.7. The molecule has 1 aromatic heterocycles. The number of ether oxygens (including phenoxy) is 2. The molecule has 0 amide bonds. The van der Waals surface area contributed by atoms with Crippen LogP contribution in [0.3, 0.4) is 0 Å². The van der Waals surface area contributed by atoms with E-state index in [2.05, 4.69) is 17.2 Å². The minimum atomic E-state index is -0.218. The molecule has 0 aliphatic carbocycles. The van der Waals surface area contributed by atoms with E-state index in [0.29, 0.717) is 18.0 Å². The number of hydrogen-bond acceptors (Lipinski definition) is 5. The lowest BCUT2D eigenvalue weighted by Crippen LogP contribution is -2.22. The Morgan fingerprint density at radius 1 is 1.11 bits per heavy atom. The Morgan fingerprint density at radius 3 is 2.52 bits per heavy atom. The van der Waals surface area contributed by atoms with Crippen LogP contribution in [0.15, 0.2) is 47.8 Å². The molecule has 0 spiro atoms. The molecule has 3 aromatic rings. The second kappa shape index (κ2) is 8.50. The van der Waals surface area contributed by atoms with Crippen molar-refractivity contribution in [1.82, 2.24) is 9.88 Å². The zero-order chi connectivity index (χ0) is 19.4. The summed E-state index contributed by atoms with van der Waals surface area (Å²) >= 11 is 1.58. The summed E-state index contributed by atoms with van der Waals surface area (Å²) < 4.78 is 24.0. The molecule has 142 valence electrons. The molecule has 0 fully saturated rings. The van der Waals surface area contributed by atoms with Gasteiger partial charge in [-0.1, -0.05) is 18.2 Å². The van der Waals surface area contributed by atoms with Gasteiger partial charge in [-0.25, -0.2) is 9.37 Å². The maximum absolute atomic E-state index is 13.1. The summed E-state index contributed by atoms with van der Waals surface area (Å²) in [6.07, 6.45) is 0. The van der Waals surface area contributed by atoms with Gasteiger partial charge >= 0.3 is 0 Å². The van der Waals surface area contributed by atoms with E-state index >= 15 is 0 Å². The molecule has 0 N–H and O–H groups in total. The maximum Gasteiger partial charge on any atom is 0.170 e. The normalized spacial score (nSPS) is 12.2. The summed E-state index contributed by atoms with van der Waals surface area (Å²) in [6, 6.07) is 12.6. The van der Waals surface area contributed by atoms with Crippen molar-refractivity contribution in [3.05, 3.63) is 64.9 Å². The third-order valence-corrected chi connectivity index (χ3v) is 5.53. The summed E-state index contributed by atoms with van der Waals surface area (Å²) in [5.41, 5.74) is 2.97. The predicted molar refractivity (Wildman–Crippen MR) is 107 cm³/mol. The van der Waals surface area contributed by atoms with Gasteiger partial charge in [-0.05, 0) is 43.8 Å². The number of nitrogens with zero attached hydrogens (tertiary/aromatic N) is 2. The first-order chi connectivity index (χ1) is 13.0. The molecular formula is C21H23FN2O2S. The van der Waals surface area contributed by atoms with Crippen LogP contribution in [0.1, 0.15) is 24.2 Å². The highest BCUT2D eigenvalue weighted by atomic mass is 32.1. The summed E-state index contributed by atoms with van der Waals surface area (Å²) in [5, 5.41) is 2.95. The Bertz CT molecular complexity index is 895. The molecule has 4 nitrogen and oxygen atoms in total. The van der Waals surface area contributed by atoms with E-state index < -0.39 is 0 Å². The third-order valence-electron chi connectivity index (χ3n) is 4.61. The van der Waals surface area contributed by atoms with Crippen molar-refractivity contribution in [3.8, 4) is 22.1 Å². The van der Waals surface area contributed by atoms with Crippen LogP contribution in [0.25, 0.3) is 10.6 Å². The molecule has 0 aliphatic rings. The van der Waals surface area contributed by atoms with Crippen LogP contribution in [0.2, 0.25) is 0 Å². The lowest BCUT2D eigenvalue weighted by Gasteiger charge is -2.24. The molecule has 1 atom stereocenters. The lowest BCUT2D eigenvalue weighted by atomic mass is 10.1. The molecule has 27 heavy (non-hydrogen) atoms. The van der Waals surface area contributed by atoms with Crippen molar-refractivity contribution in [1.29, 1.82) is 0 Å². The Balaban J connectivity index is 1.77. The first kappa shape index (κ1) is 19.3. The van der Waals surface area contributed by atoms with Crippen LogP contribution >= 0.6 is 11.3 Å². The average Bonchev–Trinajstić information content (AvgIpc) is 3.15. The van der Waals surface area contributed by atoms with Gasteiger partial charge in [0.25, 0.3) is 0 Å². The minimum absolute atomic E-state index is 0.155. The molecule has 0 radical (unpaired) electrons. The largest absolute Gasteiger partial charge is 0.493 e. The van der Waals surface area contributed by atoms with Gasteiger partial charge in [0.15, 0.2) is 11.5 Å². The Morgan fingerprint density at radius 2 is 1.85 bits per heavy atom. The zero-order valence-electron chi connectivity index (χ0n) is 15.9. The highest BCUT2D eigenvalue weighted by Crippen LogP contribution is 2.39. The van der Waals surface area contributed by atoms with E-state index in [4.69, 9.17) is 14.5 Å². The summed E-state index contributed by atoms with van der Waals surface area (Å²) in [7, 11) is 5.30. The van der Waals surface area contributed by atoms with Crippen LogP contribution < -0.4 is 9.47 Å². The van der Waals surface area contributed by atoms with Gasteiger partial charge in [0.1, 0.15) is 10.8 Å². The molecule has 6 heteroatoms. The van der Waals surface area contributed by atoms with E-state index in [1.807, 2.05) is 37.4 Å². The van der Waals surface area contributed by atoms with E-state index in [1.165, 1.54) is 12.1 Å². The summed E-state index contributed by atoms with van der Waals surface area (Å²) in [5.74, 6) is 1.16. The summed E-state index contributed by atoms with van der Waals surface area (Å²) in [6.45, 7) is 2.80. The van der Waals surface area contributed by atoms with E-state index in [0.717, 1.165) is 21.8 Å². The second-order valence-electron chi connectivity index (χ2n) is 6.33. The van der Waals surface area contributed by atoms with Crippen molar-refractivity contribution in [3.63, 3.8) is 0 Å². The number of aromatic nitrogens is 1. The smallest absolute Gasteiger partial charge is 0.170 e. The van der Waals surface area contributed by atoms with Crippen molar-refractivity contribution in [2.24, 2.45) is 0 Å². The SMILES string of the molecule is COc1cccc(-c2nc(CN(C)C(C)c3ccc(F)cc3)cs2)c1OC. The molecule has 0 aliphatic heterocycles. The fourth-order valence-corrected chi connectivity index (χ4v) is 3.78. The lowest BCUT2D eigenvalue weighted by molar-refractivity contribution is 0.250. The minimum Gasteiger partial charge on any atom is -0.493 e. The number of methoxy groups -OCH3 is 2. The standard InChI is InChI=1S/C21H23FN2O2S/c1-14(15-8-10-16(22)11-9-15)24(2)12-17-13-27-21(23-17)18-6-5-7-19(25-3)20(18)26-4/h5-11,13-14H,12H2,1-4H3. The molecular weight excluding hydrogens is 363 g/mol. The fraction of sp³-hybridized carbons (Fsp3) is 0.286. The molecule has 1 unspecified atom stereocenters. The highest BCUT2D eigenvalue weighted by Gasteiger charge is 2.17.